The molecule has 1 saturated heterocycles. The number of nitrogens with zero attached hydrogens (tertiary/aromatic N) is 1. The van der Waals surface area contributed by atoms with Gasteiger partial charge in [0, 0.05) is 34.9 Å². The molecule has 1 amide bonds. The number of amides is 1. The van der Waals surface area contributed by atoms with Crippen molar-refractivity contribution in [2.75, 3.05) is 13.1 Å². The SMILES string of the molecule is O=C(c1cc(=O)[nH]c2ccccc12)N1CCC(C(O)c2cccs2)CC1. The van der Waals surface area contributed by atoms with Crippen LogP contribution in [-0.4, -0.2) is 34.0 Å². The Morgan fingerprint density at radius 3 is 2.69 bits per heavy atom. The second-order valence-electron chi connectivity index (χ2n) is 6.68. The molecular weight excluding hydrogens is 348 g/mol. The van der Waals surface area contributed by atoms with Gasteiger partial charge in [0.05, 0.1) is 11.7 Å². The summed E-state index contributed by atoms with van der Waals surface area (Å²) in [6.07, 6.45) is 1.05. The molecule has 3 aromatic rings. The highest BCUT2D eigenvalue weighted by Gasteiger charge is 2.29. The summed E-state index contributed by atoms with van der Waals surface area (Å²) in [5, 5.41) is 13.2. The van der Waals surface area contributed by atoms with Gasteiger partial charge in [0.25, 0.3) is 5.91 Å². The normalized spacial score (nSPS) is 16.7. The van der Waals surface area contributed by atoms with Crippen LogP contribution in [0.4, 0.5) is 0 Å². The number of hydrogen-bond donors (Lipinski definition) is 2. The van der Waals surface area contributed by atoms with Crippen molar-refractivity contribution in [1.29, 1.82) is 0 Å². The van der Waals surface area contributed by atoms with E-state index in [4.69, 9.17) is 0 Å². The number of aromatic amines is 1. The molecule has 0 spiro atoms. The lowest BCUT2D eigenvalue weighted by Crippen LogP contribution is -2.40. The zero-order chi connectivity index (χ0) is 18.1. The van der Waals surface area contributed by atoms with E-state index in [1.807, 2.05) is 35.7 Å². The van der Waals surface area contributed by atoms with E-state index in [2.05, 4.69) is 4.98 Å². The fourth-order valence-electron chi connectivity index (χ4n) is 3.66. The molecule has 2 N–H and O–H groups in total. The molecule has 6 heteroatoms. The number of aromatic nitrogens is 1. The van der Waals surface area contributed by atoms with E-state index < -0.39 is 6.10 Å². The third-order valence-electron chi connectivity index (χ3n) is 5.09. The molecule has 134 valence electrons. The number of likely N-dealkylation sites (tertiary alicyclic amines) is 1. The number of para-hydroxylation sites is 1. The van der Waals surface area contributed by atoms with Crippen LogP contribution in [0, 0.1) is 5.92 Å². The molecule has 4 rings (SSSR count). The fraction of sp³-hybridized carbons (Fsp3) is 0.300. The molecule has 1 unspecified atom stereocenters. The summed E-state index contributed by atoms with van der Waals surface area (Å²) in [7, 11) is 0. The van der Waals surface area contributed by atoms with Gasteiger partial charge in [-0.15, -0.1) is 11.3 Å². The van der Waals surface area contributed by atoms with E-state index in [1.165, 1.54) is 6.07 Å². The first-order valence-electron chi connectivity index (χ1n) is 8.76. The van der Waals surface area contributed by atoms with Gasteiger partial charge < -0.3 is 15.0 Å². The standard InChI is InChI=1S/C20H20N2O3S/c23-18-12-15(14-4-1-2-5-16(14)21-18)20(25)22-9-7-13(8-10-22)19(24)17-6-3-11-26-17/h1-6,11-13,19,24H,7-10H2,(H,21,23). The predicted molar refractivity (Wildman–Crippen MR) is 102 cm³/mol. The van der Waals surface area contributed by atoms with Crippen molar-refractivity contribution in [3.63, 3.8) is 0 Å². The maximum absolute atomic E-state index is 13.0. The molecule has 0 radical (unpaired) electrons. The van der Waals surface area contributed by atoms with E-state index in [9.17, 15) is 14.7 Å². The topological polar surface area (TPSA) is 73.4 Å². The smallest absolute Gasteiger partial charge is 0.254 e. The van der Waals surface area contributed by atoms with Crippen LogP contribution in [0.25, 0.3) is 10.9 Å². The average Bonchev–Trinajstić information content (AvgIpc) is 3.21. The second-order valence-corrected chi connectivity index (χ2v) is 7.66. The van der Waals surface area contributed by atoms with Crippen LogP contribution >= 0.6 is 11.3 Å². The van der Waals surface area contributed by atoms with Crippen molar-refractivity contribution < 1.29 is 9.90 Å². The first-order valence-corrected chi connectivity index (χ1v) is 9.64. The Kier molecular flexibility index (Phi) is 4.61. The Hall–Kier alpha value is -2.44. The number of piperidine rings is 1. The van der Waals surface area contributed by atoms with Gasteiger partial charge in [-0.3, -0.25) is 9.59 Å². The maximum Gasteiger partial charge on any atom is 0.254 e. The molecule has 1 fully saturated rings. The number of carbonyl (C=O) groups is 1. The number of aliphatic hydroxyl groups excluding tert-OH is 1. The molecule has 3 heterocycles. The zero-order valence-corrected chi connectivity index (χ0v) is 15.0. The quantitative estimate of drug-likeness (QED) is 0.746. The first kappa shape index (κ1) is 17.0. The van der Waals surface area contributed by atoms with Gasteiger partial charge in [-0.2, -0.15) is 0 Å². The highest BCUT2D eigenvalue weighted by Crippen LogP contribution is 2.33. The number of fused-ring (bicyclic) bond motifs is 1. The predicted octanol–water partition coefficient (Wildman–Crippen LogP) is 3.18. The van der Waals surface area contributed by atoms with Crippen molar-refractivity contribution >= 4 is 28.1 Å². The largest absolute Gasteiger partial charge is 0.387 e. The Bertz CT molecular complexity index is 972. The monoisotopic (exact) mass is 368 g/mol. The minimum absolute atomic E-state index is 0.114. The van der Waals surface area contributed by atoms with Crippen LogP contribution in [0.3, 0.4) is 0 Å². The molecule has 5 nitrogen and oxygen atoms in total. The van der Waals surface area contributed by atoms with Crippen molar-refractivity contribution in [2.24, 2.45) is 5.92 Å². The van der Waals surface area contributed by atoms with Gasteiger partial charge >= 0.3 is 0 Å². The van der Waals surface area contributed by atoms with E-state index >= 15 is 0 Å². The molecule has 0 saturated carbocycles. The van der Waals surface area contributed by atoms with Crippen LogP contribution < -0.4 is 5.56 Å². The van der Waals surface area contributed by atoms with Crippen molar-refractivity contribution in [3.8, 4) is 0 Å². The molecule has 0 bridgehead atoms. The summed E-state index contributed by atoms with van der Waals surface area (Å²) in [6.45, 7) is 1.18. The van der Waals surface area contributed by atoms with E-state index in [-0.39, 0.29) is 17.4 Å². The molecule has 2 aromatic heterocycles. The van der Waals surface area contributed by atoms with Crippen LogP contribution in [-0.2, 0) is 0 Å². The van der Waals surface area contributed by atoms with Crippen LogP contribution in [0.1, 0.15) is 34.2 Å². The highest BCUT2D eigenvalue weighted by molar-refractivity contribution is 7.10. The minimum atomic E-state index is -0.465. The van der Waals surface area contributed by atoms with Crippen molar-refractivity contribution in [1.82, 2.24) is 9.88 Å². The lowest BCUT2D eigenvalue weighted by Gasteiger charge is -2.34. The molecule has 1 atom stereocenters. The Labute approximate surface area is 154 Å². The molecule has 1 aliphatic rings. The lowest BCUT2D eigenvalue weighted by atomic mass is 9.90. The number of carbonyl (C=O) groups excluding carboxylic acids is 1. The third kappa shape index (κ3) is 3.18. The Morgan fingerprint density at radius 1 is 1.19 bits per heavy atom. The second kappa shape index (κ2) is 7.05. The van der Waals surface area contributed by atoms with E-state index in [1.54, 1.807) is 22.3 Å². The van der Waals surface area contributed by atoms with E-state index in [0.29, 0.717) is 24.2 Å². The summed E-state index contributed by atoms with van der Waals surface area (Å²) >= 11 is 1.56. The van der Waals surface area contributed by atoms with Gasteiger partial charge in [0.1, 0.15) is 0 Å². The number of H-pyrrole nitrogens is 1. The molecular formula is C20H20N2O3S. The van der Waals surface area contributed by atoms with Gasteiger partial charge in [0.2, 0.25) is 5.56 Å². The number of hydrogen-bond acceptors (Lipinski definition) is 4. The summed E-state index contributed by atoms with van der Waals surface area (Å²) in [6, 6.07) is 12.6. The van der Waals surface area contributed by atoms with Crippen molar-refractivity contribution in [3.05, 3.63) is 68.6 Å². The molecule has 26 heavy (non-hydrogen) atoms. The number of thiophene rings is 1. The minimum Gasteiger partial charge on any atom is -0.387 e. The molecule has 0 aliphatic carbocycles. The molecule has 1 aromatic carbocycles. The number of benzene rings is 1. The van der Waals surface area contributed by atoms with Gasteiger partial charge in [-0.05, 0) is 36.3 Å². The van der Waals surface area contributed by atoms with Crippen LogP contribution in [0.15, 0.2) is 52.6 Å². The highest BCUT2D eigenvalue weighted by atomic mass is 32.1. The zero-order valence-electron chi connectivity index (χ0n) is 14.2. The summed E-state index contributed by atoms with van der Waals surface area (Å²) < 4.78 is 0. The summed E-state index contributed by atoms with van der Waals surface area (Å²) in [4.78, 5) is 30.4. The van der Waals surface area contributed by atoms with Gasteiger partial charge in [0.15, 0.2) is 0 Å². The number of aliphatic hydroxyl groups is 1. The third-order valence-corrected chi connectivity index (χ3v) is 6.03. The van der Waals surface area contributed by atoms with Crippen LogP contribution in [0.5, 0.6) is 0 Å². The lowest BCUT2D eigenvalue weighted by molar-refractivity contribution is 0.0475. The Balaban J connectivity index is 1.52. The average molecular weight is 368 g/mol. The summed E-state index contributed by atoms with van der Waals surface area (Å²) in [5.74, 6) is 0.0463. The van der Waals surface area contributed by atoms with Crippen LogP contribution in [0.2, 0.25) is 0 Å². The first-order chi connectivity index (χ1) is 12.6. The van der Waals surface area contributed by atoms with E-state index in [0.717, 1.165) is 23.1 Å². The fourth-order valence-corrected chi connectivity index (χ4v) is 4.47. The summed E-state index contributed by atoms with van der Waals surface area (Å²) in [5.41, 5.74) is 0.850. The number of pyridine rings is 1. The van der Waals surface area contributed by atoms with Gasteiger partial charge in [-0.1, -0.05) is 24.3 Å². The number of rotatable bonds is 3. The maximum atomic E-state index is 13.0. The van der Waals surface area contributed by atoms with Gasteiger partial charge in [-0.25, -0.2) is 0 Å². The van der Waals surface area contributed by atoms with Crippen molar-refractivity contribution in [2.45, 2.75) is 18.9 Å². The molecule has 1 aliphatic heterocycles. The Morgan fingerprint density at radius 2 is 1.96 bits per heavy atom. The number of nitrogens with one attached hydrogen (secondary N) is 1.